The van der Waals surface area contributed by atoms with Gasteiger partial charge in [0.2, 0.25) is 0 Å². The number of carbonyl (C=O) groups is 2. The van der Waals surface area contributed by atoms with Crippen LogP contribution in [0.1, 0.15) is 31.1 Å². The molecule has 10 heteroatoms. The number of H-pyrrole nitrogens is 1. The molecule has 10 nitrogen and oxygen atoms in total. The number of nitrogens with zero attached hydrogens (tertiary/aromatic N) is 2. The Morgan fingerprint density at radius 1 is 1.29 bits per heavy atom. The minimum Gasteiger partial charge on any atom is -0.481 e. The predicted octanol–water partition coefficient (Wildman–Crippen LogP) is 2.01. The molecule has 28 heavy (non-hydrogen) atoms. The van der Waals surface area contributed by atoms with Crippen molar-refractivity contribution in [1.29, 1.82) is 0 Å². The molecular weight excluding hydrogens is 364 g/mol. The second kappa shape index (κ2) is 9.33. The maximum Gasteiger partial charge on any atom is 0.320 e. The Morgan fingerprint density at radius 2 is 1.93 bits per heavy atom. The summed E-state index contributed by atoms with van der Waals surface area (Å²) in [4.78, 5) is 25.4. The van der Waals surface area contributed by atoms with Gasteiger partial charge in [-0.15, -0.1) is 0 Å². The largest absolute Gasteiger partial charge is 0.481 e. The zero-order valence-corrected chi connectivity index (χ0v) is 15.4. The number of aliphatic hydroxyl groups is 1. The van der Waals surface area contributed by atoms with Gasteiger partial charge in [-0.1, -0.05) is 30.3 Å². The number of carboxylic acids is 1. The van der Waals surface area contributed by atoms with Crippen molar-refractivity contribution < 1.29 is 19.8 Å². The fourth-order valence-corrected chi connectivity index (χ4v) is 2.50. The molecule has 0 saturated heterocycles. The second-order valence-electron chi connectivity index (χ2n) is 5.89. The Hall–Kier alpha value is -3.66. The number of hydrogen-bond donors (Lipinski definition) is 6. The maximum atomic E-state index is 12.2. The topological polar surface area (TPSA) is 166 Å². The minimum atomic E-state index is -0.833. The van der Waals surface area contributed by atoms with Crippen molar-refractivity contribution >= 4 is 34.5 Å². The van der Waals surface area contributed by atoms with E-state index in [-0.39, 0.29) is 18.5 Å². The molecule has 2 amide bonds. The lowest BCUT2D eigenvalue weighted by atomic mass is 10.1. The van der Waals surface area contributed by atoms with Gasteiger partial charge in [0.1, 0.15) is 5.82 Å². The molecule has 1 atom stereocenters. The molecule has 0 bridgehead atoms. The highest BCUT2D eigenvalue weighted by Gasteiger charge is 2.14. The summed E-state index contributed by atoms with van der Waals surface area (Å²) in [6.45, 7) is 2.66. The monoisotopic (exact) mass is 386 g/mol. The van der Waals surface area contributed by atoms with Crippen LogP contribution in [-0.4, -0.2) is 37.4 Å². The van der Waals surface area contributed by atoms with Crippen molar-refractivity contribution in [2.75, 3.05) is 11.1 Å². The number of pyridine rings is 1. The highest BCUT2D eigenvalue weighted by Crippen LogP contribution is 2.24. The van der Waals surface area contributed by atoms with Gasteiger partial charge in [-0.2, -0.15) is 5.10 Å². The van der Waals surface area contributed by atoms with Crippen LogP contribution in [0, 0.1) is 0 Å². The zero-order chi connectivity index (χ0) is 20.7. The van der Waals surface area contributed by atoms with Crippen LogP contribution in [0.5, 0.6) is 0 Å². The highest BCUT2D eigenvalue weighted by molar-refractivity contribution is 5.95. The summed E-state index contributed by atoms with van der Waals surface area (Å²) in [6, 6.07) is 10.7. The van der Waals surface area contributed by atoms with Crippen molar-refractivity contribution in [3.05, 3.63) is 47.7 Å². The SMILES string of the molecule is CC(=O)O.C[C@@H](NC(=O)Nc1cc2[nH]nc(N)c2c(CO)n1)c1ccccc1. The van der Waals surface area contributed by atoms with Crippen LogP contribution in [0.2, 0.25) is 0 Å². The number of aromatic nitrogens is 3. The Balaban J connectivity index is 0.000000640. The molecular formula is C18H22N6O4. The van der Waals surface area contributed by atoms with Crippen molar-refractivity contribution in [2.24, 2.45) is 0 Å². The number of aliphatic hydroxyl groups excluding tert-OH is 1. The van der Waals surface area contributed by atoms with Gasteiger partial charge >= 0.3 is 6.03 Å². The van der Waals surface area contributed by atoms with Crippen molar-refractivity contribution in [3.63, 3.8) is 0 Å². The van der Waals surface area contributed by atoms with Gasteiger partial charge in [-0.05, 0) is 12.5 Å². The first kappa shape index (κ1) is 20.6. The molecule has 0 spiro atoms. The van der Waals surface area contributed by atoms with Gasteiger partial charge < -0.3 is 21.3 Å². The summed E-state index contributed by atoms with van der Waals surface area (Å²) >= 11 is 0. The van der Waals surface area contributed by atoms with Crippen LogP contribution in [0.3, 0.4) is 0 Å². The molecule has 148 valence electrons. The van der Waals surface area contributed by atoms with E-state index in [1.807, 2.05) is 37.3 Å². The van der Waals surface area contributed by atoms with E-state index in [0.717, 1.165) is 12.5 Å². The number of aliphatic carboxylic acids is 1. The molecule has 2 heterocycles. The maximum absolute atomic E-state index is 12.2. The van der Waals surface area contributed by atoms with Crippen LogP contribution in [-0.2, 0) is 11.4 Å². The third kappa shape index (κ3) is 5.42. The first-order chi connectivity index (χ1) is 13.3. The van der Waals surface area contributed by atoms with Crippen molar-refractivity contribution in [3.8, 4) is 0 Å². The van der Waals surface area contributed by atoms with Crippen LogP contribution in [0.15, 0.2) is 36.4 Å². The zero-order valence-electron chi connectivity index (χ0n) is 15.4. The molecule has 0 unspecified atom stereocenters. The lowest BCUT2D eigenvalue weighted by Crippen LogP contribution is -2.31. The molecule has 3 rings (SSSR count). The molecule has 0 aliphatic carbocycles. The van der Waals surface area contributed by atoms with Gasteiger partial charge in [-0.25, -0.2) is 9.78 Å². The average molecular weight is 386 g/mol. The summed E-state index contributed by atoms with van der Waals surface area (Å²) in [6.07, 6.45) is 0. The molecule has 0 aliphatic rings. The Kier molecular flexibility index (Phi) is 6.88. The van der Waals surface area contributed by atoms with Crippen LogP contribution in [0.25, 0.3) is 10.9 Å². The number of fused-ring (bicyclic) bond motifs is 1. The number of nitrogens with one attached hydrogen (secondary N) is 3. The van der Waals surface area contributed by atoms with E-state index in [0.29, 0.717) is 22.4 Å². The fourth-order valence-electron chi connectivity index (χ4n) is 2.50. The number of urea groups is 1. The summed E-state index contributed by atoms with van der Waals surface area (Å²) in [5.41, 5.74) is 7.68. The summed E-state index contributed by atoms with van der Waals surface area (Å²) in [5.74, 6) is -0.275. The second-order valence-corrected chi connectivity index (χ2v) is 5.89. The quantitative estimate of drug-likeness (QED) is 0.399. The van der Waals surface area contributed by atoms with E-state index in [1.54, 1.807) is 6.07 Å². The predicted molar refractivity (Wildman–Crippen MR) is 105 cm³/mol. The molecule has 0 aliphatic heterocycles. The van der Waals surface area contributed by atoms with Gasteiger partial charge in [0.25, 0.3) is 5.97 Å². The number of nitrogens with two attached hydrogens (primary N) is 1. The molecule has 2 aromatic heterocycles. The lowest BCUT2D eigenvalue weighted by molar-refractivity contribution is -0.134. The van der Waals surface area contributed by atoms with Gasteiger partial charge in [0.05, 0.1) is 29.2 Å². The van der Waals surface area contributed by atoms with Crippen molar-refractivity contribution in [1.82, 2.24) is 20.5 Å². The number of nitrogen functional groups attached to an aromatic ring is 1. The van der Waals surface area contributed by atoms with E-state index >= 15 is 0 Å². The standard InChI is InChI=1S/C16H18N6O2.C2H4O2/c1-9(10-5-3-2-4-6-10)18-16(24)20-13-7-11-14(12(8-23)19-13)15(17)22-21-11;1-2(3)4/h2-7,9,23H,8H2,1H3,(H3,17,21,22)(H2,18,19,20,24);1H3,(H,3,4)/t9-;/m1./s1. The molecule has 0 radical (unpaired) electrons. The van der Waals surface area contributed by atoms with E-state index < -0.39 is 12.0 Å². The minimum absolute atomic E-state index is 0.157. The van der Waals surface area contributed by atoms with E-state index in [9.17, 15) is 9.90 Å². The number of hydrogen-bond acceptors (Lipinski definition) is 6. The Bertz CT molecular complexity index is 953. The number of carboxylic acid groups (broad SMARTS) is 1. The summed E-state index contributed by atoms with van der Waals surface area (Å²) < 4.78 is 0. The van der Waals surface area contributed by atoms with Crippen molar-refractivity contribution in [2.45, 2.75) is 26.5 Å². The first-order valence-corrected chi connectivity index (χ1v) is 8.38. The van der Waals surface area contributed by atoms with E-state index in [2.05, 4.69) is 25.8 Å². The van der Waals surface area contributed by atoms with Crippen LogP contribution >= 0.6 is 0 Å². The number of rotatable bonds is 4. The van der Waals surface area contributed by atoms with Gasteiger partial charge in [0.15, 0.2) is 5.82 Å². The average Bonchev–Trinajstić information content (AvgIpc) is 3.02. The lowest BCUT2D eigenvalue weighted by Gasteiger charge is -2.15. The van der Waals surface area contributed by atoms with E-state index in [1.165, 1.54) is 0 Å². The number of amides is 2. The van der Waals surface area contributed by atoms with Gasteiger partial charge in [-0.3, -0.25) is 15.2 Å². The third-order valence-electron chi connectivity index (χ3n) is 3.69. The van der Waals surface area contributed by atoms with Crippen LogP contribution < -0.4 is 16.4 Å². The summed E-state index contributed by atoms with van der Waals surface area (Å²) in [5, 5.41) is 29.5. The summed E-state index contributed by atoms with van der Waals surface area (Å²) in [7, 11) is 0. The molecule has 1 aromatic carbocycles. The number of aromatic amines is 1. The molecule has 3 aromatic rings. The molecule has 0 fully saturated rings. The fraction of sp³-hybridized carbons (Fsp3) is 0.222. The smallest absolute Gasteiger partial charge is 0.320 e. The number of carbonyl (C=O) groups excluding carboxylic acids is 1. The normalized spacial score (nSPS) is 11.2. The first-order valence-electron chi connectivity index (χ1n) is 8.38. The number of anilines is 2. The molecule has 7 N–H and O–H groups in total. The number of benzene rings is 1. The van der Waals surface area contributed by atoms with E-state index in [4.69, 9.17) is 15.6 Å². The van der Waals surface area contributed by atoms with Crippen LogP contribution in [0.4, 0.5) is 16.4 Å². The molecule has 0 saturated carbocycles. The third-order valence-corrected chi connectivity index (χ3v) is 3.69. The Morgan fingerprint density at radius 3 is 2.54 bits per heavy atom. The Labute approximate surface area is 160 Å². The highest BCUT2D eigenvalue weighted by atomic mass is 16.4. The van der Waals surface area contributed by atoms with Gasteiger partial charge in [0, 0.05) is 13.0 Å².